The first-order valence-electron chi connectivity index (χ1n) is 5.78. The van der Waals surface area contributed by atoms with Gasteiger partial charge in [0.2, 0.25) is 15.3 Å². The van der Waals surface area contributed by atoms with Crippen molar-refractivity contribution in [2.75, 3.05) is 7.05 Å². The van der Waals surface area contributed by atoms with E-state index in [1.54, 1.807) is 31.5 Å². The van der Waals surface area contributed by atoms with Crippen LogP contribution < -0.4 is 0 Å². The molecule has 0 aliphatic carbocycles. The number of hydrogen-bond acceptors (Lipinski definition) is 5. The maximum atomic E-state index is 12.4. The maximum absolute atomic E-state index is 12.4. The molecule has 0 aliphatic heterocycles. The zero-order valence-electron chi connectivity index (χ0n) is 10.9. The van der Waals surface area contributed by atoms with Crippen molar-refractivity contribution < 1.29 is 8.42 Å². The maximum Gasteiger partial charge on any atom is 0.246 e. The Balaban J connectivity index is 2.32. The summed E-state index contributed by atoms with van der Waals surface area (Å²) in [6.45, 7) is 1.80. The highest BCUT2D eigenvalue weighted by atomic mass is 35.5. The zero-order valence-corrected chi connectivity index (χ0v) is 12.5. The first kappa shape index (κ1) is 14.8. The molecule has 20 heavy (non-hydrogen) atoms. The van der Waals surface area contributed by atoms with Crippen LogP contribution in [0.4, 0.5) is 0 Å². The smallest absolute Gasteiger partial charge is 0.246 e. The van der Waals surface area contributed by atoms with Crippen molar-refractivity contribution in [3.63, 3.8) is 0 Å². The third-order valence-corrected chi connectivity index (χ3v) is 5.08. The standard InChI is InChI=1S/C12H13ClN4O2S/c1-9(10-3-5-14-6-4-10)17(2)20(18,19)11-7-15-12(13)16-8-11/h3-9H,1-2H3. The predicted molar refractivity (Wildman–Crippen MR) is 74.6 cm³/mol. The van der Waals surface area contributed by atoms with Gasteiger partial charge in [-0.15, -0.1) is 0 Å². The average Bonchev–Trinajstić information content (AvgIpc) is 2.47. The van der Waals surface area contributed by atoms with Crippen LogP contribution in [0.15, 0.2) is 41.8 Å². The quantitative estimate of drug-likeness (QED) is 0.806. The number of nitrogens with zero attached hydrogens (tertiary/aromatic N) is 4. The van der Waals surface area contributed by atoms with Gasteiger partial charge in [-0.3, -0.25) is 4.98 Å². The van der Waals surface area contributed by atoms with E-state index < -0.39 is 10.0 Å². The molecule has 0 spiro atoms. The second kappa shape index (κ2) is 5.82. The van der Waals surface area contributed by atoms with Gasteiger partial charge >= 0.3 is 0 Å². The monoisotopic (exact) mass is 312 g/mol. The fourth-order valence-corrected chi connectivity index (χ4v) is 3.00. The number of aromatic nitrogens is 3. The number of sulfonamides is 1. The summed E-state index contributed by atoms with van der Waals surface area (Å²) in [5.41, 5.74) is 0.848. The van der Waals surface area contributed by atoms with Crippen LogP contribution in [-0.2, 0) is 10.0 Å². The minimum Gasteiger partial charge on any atom is -0.265 e. The van der Waals surface area contributed by atoms with Crippen LogP contribution in [0.1, 0.15) is 18.5 Å². The van der Waals surface area contributed by atoms with Crippen LogP contribution in [0.2, 0.25) is 5.28 Å². The van der Waals surface area contributed by atoms with Gasteiger partial charge in [0, 0.05) is 25.5 Å². The Labute approximate surface area is 122 Å². The van der Waals surface area contributed by atoms with Crippen molar-refractivity contribution in [3.8, 4) is 0 Å². The van der Waals surface area contributed by atoms with Crippen molar-refractivity contribution in [1.29, 1.82) is 0 Å². The van der Waals surface area contributed by atoms with E-state index >= 15 is 0 Å². The summed E-state index contributed by atoms with van der Waals surface area (Å²) in [6.07, 6.45) is 5.64. The Morgan fingerprint density at radius 1 is 1.20 bits per heavy atom. The Morgan fingerprint density at radius 3 is 2.30 bits per heavy atom. The topological polar surface area (TPSA) is 76.1 Å². The molecular weight excluding hydrogens is 300 g/mol. The molecule has 1 unspecified atom stereocenters. The summed E-state index contributed by atoms with van der Waals surface area (Å²) in [5, 5.41) is 0.00813. The molecule has 0 aromatic carbocycles. The van der Waals surface area contributed by atoms with E-state index in [0.29, 0.717) is 0 Å². The van der Waals surface area contributed by atoms with E-state index in [1.165, 1.54) is 23.7 Å². The molecular formula is C12H13ClN4O2S. The predicted octanol–water partition coefficient (Wildman–Crippen LogP) is 1.91. The Hall–Kier alpha value is -1.57. The Bertz CT molecular complexity index is 676. The Kier molecular flexibility index (Phi) is 4.32. The number of hydrogen-bond donors (Lipinski definition) is 0. The molecule has 2 aromatic heterocycles. The summed E-state index contributed by atoms with van der Waals surface area (Å²) < 4.78 is 26.1. The lowest BCUT2D eigenvalue weighted by Crippen LogP contribution is -2.30. The summed E-state index contributed by atoms with van der Waals surface area (Å²) in [5.74, 6) is 0. The van der Waals surface area contributed by atoms with E-state index in [2.05, 4.69) is 15.0 Å². The molecule has 1 atom stereocenters. The first-order chi connectivity index (χ1) is 9.43. The summed E-state index contributed by atoms with van der Waals surface area (Å²) >= 11 is 5.56. The molecule has 0 amide bonds. The molecule has 6 nitrogen and oxygen atoms in total. The van der Waals surface area contributed by atoms with Gasteiger partial charge in [0.05, 0.1) is 12.4 Å². The van der Waals surface area contributed by atoms with Crippen LogP contribution in [0.5, 0.6) is 0 Å². The van der Waals surface area contributed by atoms with Gasteiger partial charge in [-0.1, -0.05) is 0 Å². The molecule has 0 fully saturated rings. The fraction of sp³-hybridized carbons (Fsp3) is 0.250. The Morgan fingerprint density at radius 2 is 1.75 bits per heavy atom. The van der Waals surface area contributed by atoms with Crippen molar-refractivity contribution >= 4 is 21.6 Å². The molecule has 2 heterocycles. The van der Waals surface area contributed by atoms with Crippen LogP contribution in [0, 0.1) is 0 Å². The van der Waals surface area contributed by atoms with Gasteiger partial charge in [-0.2, -0.15) is 4.31 Å². The molecule has 0 saturated heterocycles. The van der Waals surface area contributed by atoms with Crippen LogP contribution in [0.3, 0.4) is 0 Å². The van der Waals surface area contributed by atoms with Crippen molar-refractivity contribution in [3.05, 3.63) is 47.8 Å². The average molecular weight is 313 g/mol. The second-order valence-corrected chi connectivity index (χ2v) is 6.50. The second-order valence-electron chi connectivity index (χ2n) is 4.17. The summed E-state index contributed by atoms with van der Waals surface area (Å²) in [6, 6.07) is 3.21. The SMILES string of the molecule is CC(c1ccncc1)N(C)S(=O)(=O)c1cnc(Cl)nc1. The molecule has 0 radical (unpaired) electrons. The van der Waals surface area contributed by atoms with Gasteiger partial charge in [-0.05, 0) is 36.2 Å². The van der Waals surface area contributed by atoms with Gasteiger partial charge < -0.3 is 0 Å². The highest BCUT2D eigenvalue weighted by molar-refractivity contribution is 7.89. The van der Waals surface area contributed by atoms with Crippen LogP contribution >= 0.6 is 11.6 Å². The third kappa shape index (κ3) is 2.95. The van der Waals surface area contributed by atoms with Crippen molar-refractivity contribution in [1.82, 2.24) is 19.3 Å². The summed E-state index contributed by atoms with van der Waals surface area (Å²) in [4.78, 5) is 11.3. The van der Waals surface area contributed by atoms with Gasteiger partial charge in [0.1, 0.15) is 4.90 Å². The largest absolute Gasteiger partial charge is 0.265 e. The van der Waals surface area contributed by atoms with E-state index in [-0.39, 0.29) is 16.2 Å². The molecule has 2 rings (SSSR count). The van der Waals surface area contributed by atoms with Crippen LogP contribution in [-0.4, -0.2) is 34.7 Å². The fourth-order valence-electron chi connectivity index (χ4n) is 1.66. The lowest BCUT2D eigenvalue weighted by molar-refractivity contribution is 0.398. The van der Waals surface area contributed by atoms with Gasteiger partial charge in [0.15, 0.2) is 0 Å². The third-order valence-electron chi connectivity index (χ3n) is 3.01. The van der Waals surface area contributed by atoms with Gasteiger partial charge in [0.25, 0.3) is 0 Å². The number of halogens is 1. The van der Waals surface area contributed by atoms with Gasteiger partial charge in [-0.25, -0.2) is 18.4 Å². The van der Waals surface area contributed by atoms with E-state index in [1.807, 2.05) is 0 Å². The van der Waals surface area contributed by atoms with E-state index in [9.17, 15) is 8.42 Å². The minimum absolute atomic E-state index is 0.00491. The first-order valence-corrected chi connectivity index (χ1v) is 7.60. The lowest BCUT2D eigenvalue weighted by Gasteiger charge is -2.24. The molecule has 0 bridgehead atoms. The van der Waals surface area contributed by atoms with Crippen molar-refractivity contribution in [2.45, 2.75) is 17.9 Å². The molecule has 0 saturated carbocycles. The van der Waals surface area contributed by atoms with E-state index in [0.717, 1.165) is 5.56 Å². The molecule has 8 heteroatoms. The van der Waals surface area contributed by atoms with E-state index in [4.69, 9.17) is 11.6 Å². The van der Waals surface area contributed by atoms with Crippen molar-refractivity contribution in [2.24, 2.45) is 0 Å². The molecule has 106 valence electrons. The molecule has 2 aromatic rings. The normalized spacial score (nSPS) is 13.4. The minimum atomic E-state index is -3.67. The van der Waals surface area contributed by atoms with Crippen LogP contribution in [0.25, 0.3) is 0 Å². The molecule has 0 N–H and O–H groups in total. The lowest BCUT2D eigenvalue weighted by atomic mass is 10.1. The highest BCUT2D eigenvalue weighted by Gasteiger charge is 2.26. The number of pyridine rings is 1. The number of rotatable bonds is 4. The zero-order chi connectivity index (χ0) is 14.8. The molecule has 0 aliphatic rings. The highest BCUT2D eigenvalue weighted by Crippen LogP contribution is 2.24. The summed E-state index contributed by atoms with van der Waals surface area (Å²) in [7, 11) is -2.16.